The maximum atomic E-state index is 14.3. The molecule has 4 nitrogen and oxygen atoms in total. The largest absolute Gasteiger partial charge is 0.490 e. The molecule has 0 fully saturated rings. The van der Waals surface area contributed by atoms with Gasteiger partial charge in [0.05, 0.1) is 6.61 Å². The average Bonchev–Trinajstić information content (AvgIpc) is 2.50. The molecule has 2 rings (SSSR count). The number of rotatable bonds is 7. The number of nitrogens with one attached hydrogen (secondary N) is 1. The van der Waals surface area contributed by atoms with Gasteiger partial charge >= 0.3 is 0 Å². The highest BCUT2D eigenvalue weighted by Gasteiger charge is 2.13. The van der Waals surface area contributed by atoms with Crippen molar-refractivity contribution in [1.82, 2.24) is 10.3 Å². The van der Waals surface area contributed by atoms with Gasteiger partial charge in [0.2, 0.25) is 0 Å². The monoisotopic (exact) mass is 290 g/mol. The lowest BCUT2D eigenvalue weighted by Gasteiger charge is -2.12. The summed E-state index contributed by atoms with van der Waals surface area (Å²) >= 11 is 0. The Morgan fingerprint density at radius 2 is 1.90 bits per heavy atom. The molecule has 0 aliphatic rings. The lowest BCUT2D eigenvalue weighted by atomic mass is 10.2. The Morgan fingerprint density at radius 3 is 2.62 bits per heavy atom. The van der Waals surface area contributed by atoms with Crippen LogP contribution in [-0.4, -0.2) is 18.1 Å². The first kappa shape index (κ1) is 15.3. The summed E-state index contributed by atoms with van der Waals surface area (Å²) in [7, 11) is 0. The Hall–Kier alpha value is -2.14. The number of nitrogens with zero attached hydrogens (tertiary/aromatic N) is 1. The van der Waals surface area contributed by atoms with Crippen LogP contribution in [0.1, 0.15) is 19.4 Å². The summed E-state index contributed by atoms with van der Waals surface area (Å²) < 4.78 is 25.4. The molecule has 21 heavy (non-hydrogen) atoms. The zero-order valence-electron chi connectivity index (χ0n) is 12.2. The third kappa shape index (κ3) is 3.92. The number of hydrogen-bond donors (Lipinski definition) is 1. The Labute approximate surface area is 123 Å². The second-order valence-corrected chi connectivity index (χ2v) is 4.35. The quantitative estimate of drug-likeness (QED) is 0.847. The van der Waals surface area contributed by atoms with E-state index in [2.05, 4.69) is 10.3 Å². The van der Waals surface area contributed by atoms with Crippen molar-refractivity contribution in [1.29, 1.82) is 0 Å². The van der Waals surface area contributed by atoms with Crippen LogP contribution in [0.4, 0.5) is 4.39 Å². The van der Waals surface area contributed by atoms with Crippen LogP contribution in [0.15, 0.2) is 36.5 Å². The summed E-state index contributed by atoms with van der Waals surface area (Å²) in [4.78, 5) is 3.96. The van der Waals surface area contributed by atoms with Crippen molar-refractivity contribution in [2.24, 2.45) is 0 Å². The van der Waals surface area contributed by atoms with Crippen molar-refractivity contribution in [3.63, 3.8) is 0 Å². The van der Waals surface area contributed by atoms with Crippen molar-refractivity contribution in [3.05, 3.63) is 47.9 Å². The maximum absolute atomic E-state index is 14.3. The SMILES string of the molecule is CCNCc1ccnc(Oc2ccccc2OCC)c1F. The molecule has 0 saturated carbocycles. The van der Waals surface area contributed by atoms with Crippen LogP contribution in [-0.2, 0) is 6.54 Å². The number of aromatic nitrogens is 1. The molecule has 0 aliphatic carbocycles. The van der Waals surface area contributed by atoms with Crippen molar-refractivity contribution in [2.45, 2.75) is 20.4 Å². The number of benzene rings is 1. The molecule has 0 amide bonds. The first-order chi connectivity index (χ1) is 10.3. The van der Waals surface area contributed by atoms with Gasteiger partial charge in [0.1, 0.15) is 0 Å². The number of halogens is 1. The molecule has 2 aromatic rings. The molecule has 0 bridgehead atoms. The maximum Gasteiger partial charge on any atom is 0.256 e. The van der Waals surface area contributed by atoms with E-state index < -0.39 is 5.82 Å². The van der Waals surface area contributed by atoms with E-state index in [9.17, 15) is 4.39 Å². The van der Waals surface area contributed by atoms with Crippen molar-refractivity contribution < 1.29 is 13.9 Å². The molecule has 0 spiro atoms. The lowest BCUT2D eigenvalue weighted by Crippen LogP contribution is -2.13. The molecular formula is C16H19FN2O2. The summed E-state index contributed by atoms with van der Waals surface area (Å²) in [6, 6.07) is 8.78. The van der Waals surface area contributed by atoms with Gasteiger partial charge in [-0.1, -0.05) is 19.1 Å². The van der Waals surface area contributed by atoms with Crippen molar-refractivity contribution in [2.75, 3.05) is 13.2 Å². The van der Waals surface area contributed by atoms with E-state index in [0.717, 1.165) is 6.54 Å². The van der Waals surface area contributed by atoms with Gasteiger partial charge in [-0.15, -0.1) is 0 Å². The van der Waals surface area contributed by atoms with Gasteiger partial charge in [-0.25, -0.2) is 9.37 Å². The van der Waals surface area contributed by atoms with Gasteiger partial charge in [-0.2, -0.15) is 0 Å². The Kier molecular flexibility index (Phi) is 5.51. The van der Waals surface area contributed by atoms with E-state index in [-0.39, 0.29) is 5.88 Å². The van der Waals surface area contributed by atoms with Crippen LogP contribution < -0.4 is 14.8 Å². The summed E-state index contributed by atoms with van der Waals surface area (Å²) in [6.07, 6.45) is 1.54. The molecule has 1 aromatic heterocycles. The molecule has 1 N–H and O–H groups in total. The smallest absolute Gasteiger partial charge is 0.256 e. The second kappa shape index (κ2) is 7.59. The molecule has 0 radical (unpaired) electrons. The number of ether oxygens (including phenoxy) is 2. The van der Waals surface area contributed by atoms with E-state index in [1.54, 1.807) is 24.3 Å². The molecule has 1 aromatic carbocycles. The lowest BCUT2D eigenvalue weighted by molar-refractivity contribution is 0.315. The summed E-state index contributed by atoms with van der Waals surface area (Å²) in [5, 5.41) is 3.08. The first-order valence-electron chi connectivity index (χ1n) is 7.00. The average molecular weight is 290 g/mol. The molecule has 0 unspecified atom stereocenters. The minimum absolute atomic E-state index is 0.0439. The van der Waals surface area contributed by atoms with E-state index in [1.807, 2.05) is 19.9 Å². The Balaban J connectivity index is 2.23. The van der Waals surface area contributed by atoms with Crippen LogP contribution in [0.5, 0.6) is 17.4 Å². The van der Waals surface area contributed by atoms with E-state index in [0.29, 0.717) is 30.2 Å². The van der Waals surface area contributed by atoms with Gasteiger partial charge in [0.25, 0.3) is 5.88 Å². The van der Waals surface area contributed by atoms with E-state index >= 15 is 0 Å². The predicted molar refractivity (Wildman–Crippen MR) is 79.3 cm³/mol. The van der Waals surface area contributed by atoms with Crippen LogP contribution in [0.25, 0.3) is 0 Å². The predicted octanol–water partition coefficient (Wildman–Crippen LogP) is 3.52. The van der Waals surface area contributed by atoms with Crippen LogP contribution in [0.2, 0.25) is 0 Å². The highest BCUT2D eigenvalue weighted by Crippen LogP contribution is 2.32. The van der Waals surface area contributed by atoms with Gasteiger partial charge < -0.3 is 14.8 Å². The third-order valence-electron chi connectivity index (χ3n) is 2.86. The fourth-order valence-electron chi connectivity index (χ4n) is 1.84. The molecule has 0 aliphatic heterocycles. The Morgan fingerprint density at radius 1 is 1.14 bits per heavy atom. The van der Waals surface area contributed by atoms with Gasteiger partial charge in [0.15, 0.2) is 17.3 Å². The minimum Gasteiger partial charge on any atom is -0.490 e. The van der Waals surface area contributed by atoms with Gasteiger partial charge in [0, 0.05) is 18.3 Å². The van der Waals surface area contributed by atoms with Crippen LogP contribution >= 0.6 is 0 Å². The van der Waals surface area contributed by atoms with Crippen molar-refractivity contribution >= 4 is 0 Å². The zero-order chi connectivity index (χ0) is 15.1. The minimum atomic E-state index is -0.454. The van der Waals surface area contributed by atoms with Gasteiger partial charge in [-0.3, -0.25) is 0 Å². The highest BCUT2D eigenvalue weighted by atomic mass is 19.1. The normalized spacial score (nSPS) is 10.4. The fourth-order valence-corrected chi connectivity index (χ4v) is 1.84. The standard InChI is InChI=1S/C16H19FN2O2/c1-3-18-11-12-9-10-19-16(15(12)17)21-14-8-6-5-7-13(14)20-4-2/h5-10,18H,3-4,11H2,1-2H3. The molecule has 5 heteroatoms. The molecule has 0 atom stereocenters. The number of hydrogen-bond acceptors (Lipinski definition) is 4. The van der Waals surface area contributed by atoms with Gasteiger partial charge in [-0.05, 0) is 31.7 Å². The third-order valence-corrected chi connectivity index (χ3v) is 2.86. The topological polar surface area (TPSA) is 43.4 Å². The van der Waals surface area contributed by atoms with Crippen LogP contribution in [0.3, 0.4) is 0 Å². The van der Waals surface area contributed by atoms with E-state index in [4.69, 9.17) is 9.47 Å². The van der Waals surface area contributed by atoms with Crippen LogP contribution in [0, 0.1) is 5.82 Å². The molecular weight excluding hydrogens is 271 g/mol. The zero-order valence-corrected chi connectivity index (χ0v) is 12.2. The molecule has 1 heterocycles. The summed E-state index contributed by atoms with van der Waals surface area (Å²) in [5.74, 6) is 0.520. The summed E-state index contributed by atoms with van der Waals surface area (Å²) in [5.41, 5.74) is 0.524. The number of para-hydroxylation sites is 2. The van der Waals surface area contributed by atoms with E-state index in [1.165, 1.54) is 6.20 Å². The summed E-state index contributed by atoms with van der Waals surface area (Å²) in [6.45, 7) is 5.57. The highest BCUT2D eigenvalue weighted by molar-refractivity contribution is 5.42. The molecule has 0 saturated heterocycles. The second-order valence-electron chi connectivity index (χ2n) is 4.35. The number of pyridine rings is 1. The first-order valence-corrected chi connectivity index (χ1v) is 7.00. The molecule has 112 valence electrons. The fraction of sp³-hybridized carbons (Fsp3) is 0.312. The Bertz CT molecular complexity index is 590. The van der Waals surface area contributed by atoms with Crippen molar-refractivity contribution in [3.8, 4) is 17.4 Å².